The van der Waals surface area contributed by atoms with E-state index >= 15 is 0 Å². The number of nitrogens with zero attached hydrogens (tertiary/aromatic N) is 1. The zero-order valence-corrected chi connectivity index (χ0v) is 11.6. The summed E-state index contributed by atoms with van der Waals surface area (Å²) in [4.78, 5) is 26.3. The molecule has 102 valence electrons. The first-order chi connectivity index (χ1) is 9.61. The average Bonchev–Trinajstić information content (AvgIpc) is 2.46. The van der Waals surface area contributed by atoms with Crippen molar-refractivity contribution in [3.63, 3.8) is 0 Å². The van der Waals surface area contributed by atoms with Crippen LogP contribution in [0.3, 0.4) is 0 Å². The molecular formula is C15H12ClNO3. The minimum Gasteiger partial charge on any atom is -0.486 e. The fourth-order valence-corrected chi connectivity index (χ4v) is 1.85. The number of aldehydes is 1. The standard InChI is InChI=1S/C15H12ClNO3/c1-10(19)15-14(7-12(16)13(8-18)17-15)20-9-11-5-3-2-4-6-11/h2-8H,9H2,1H3. The van der Waals surface area contributed by atoms with E-state index in [0.29, 0.717) is 12.9 Å². The first kappa shape index (κ1) is 14.2. The number of ketones is 1. The summed E-state index contributed by atoms with van der Waals surface area (Å²) in [5, 5.41) is 0.160. The second kappa shape index (κ2) is 6.30. The lowest BCUT2D eigenvalue weighted by Crippen LogP contribution is -2.06. The summed E-state index contributed by atoms with van der Waals surface area (Å²) in [5.41, 5.74) is 1.09. The second-order valence-corrected chi connectivity index (χ2v) is 4.56. The lowest BCUT2D eigenvalue weighted by molar-refractivity contribution is 0.100. The number of rotatable bonds is 5. The Balaban J connectivity index is 2.28. The predicted octanol–water partition coefficient (Wildman–Crippen LogP) is 3.33. The van der Waals surface area contributed by atoms with E-state index in [1.807, 2.05) is 30.3 Å². The lowest BCUT2D eigenvalue weighted by atomic mass is 10.2. The van der Waals surface area contributed by atoms with Gasteiger partial charge in [0.25, 0.3) is 0 Å². The first-order valence-electron chi connectivity index (χ1n) is 5.95. The van der Waals surface area contributed by atoms with Crippen molar-refractivity contribution < 1.29 is 14.3 Å². The molecule has 0 aliphatic carbocycles. The summed E-state index contributed by atoms with van der Waals surface area (Å²) in [7, 11) is 0. The van der Waals surface area contributed by atoms with Crippen molar-refractivity contribution in [3.05, 3.63) is 58.4 Å². The number of carbonyl (C=O) groups is 2. The van der Waals surface area contributed by atoms with Crippen LogP contribution in [-0.4, -0.2) is 17.1 Å². The van der Waals surface area contributed by atoms with E-state index < -0.39 is 0 Å². The third-order valence-corrected chi connectivity index (χ3v) is 2.95. The molecule has 0 aliphatic rings. The number of aromatic nitrogens is 1. The lowest BCUT2D eigenvalue weighted by Gasteiger charge is -2.10. The molecule has 4 nitrogen and oxygen atoms in total. The average molecular weight is 290 g/mol. The zero-order valence-electron chi connectivity index (χ0n) is 10.8. The number of hydrogen-bond donors (Lipinski definition) is 0. The summed E-state index contributed by atoms with van der Waals surface area (Å²) >= 11 is 5.90. The van der Waals surface area contributed by atoms with E-state index in [2.05, 4.69) is 4.98 Å². The van der Waals surface area contributed by atoms with E-state index in [0.717, 1.165) is 5.56 Å². The molecule has 0 saturated heterocycles. The van der Waals surface area contributed by atoms with Gasteiger partial charge in [0.1, 0.15) is 18.0 Å². The fourth-order valence-electron chi connectivity index (χ4n) is 1.67. The molecule has 2 rings (SSSR count). The molecule has 1 aromatic heterocycles. The van der Waals surface area contributed by atoms with E-state index in [1.54, 1.807) is 0 Å². The van der Waals surface area contributed by atoms with Crippen molar-refractivity contribution in [1.29, 1.82) is 0 Å². The Morgan fingerprint density at radius 2 is 2.05 bits per heavy atom. The van der Waals surface area contributed by atoms with Crippen molar-refractivity contribution in [2.45, 2.75) is 13.5 Å². The van der Waals surface area contributed by atoms with Crippen LogP contribution in [0.4, 0.5) is 0 Å². The highest BCUT2D eigenvalue weighted by Crippen LogP contribution is 2.25. The van der Waals surface area contributed by atoms with Crippen LogP contribution >= 0.6 is 11.6 Å². The van der Waals surface area contributed by atoms with Gasteiger partial charge in [0.15, 0.2) is 17.8 Å². The molecule has 0 unspecified atom stereocenters. The molecule has 20 heavy (non-hydrogen) atoms. The molecule has 0 spiro atoms. The van der Waals surface area contributed by atoms with Crippen LogP contribution in [0.25, 0.3) is 0 Å². The highest BCUT2D eigenvalue weighted by molar-refractivity contribution is 6.33. The molecular weight excluding hydrogens is 278 g/mol. The van der Waals surface area contributed by atoms with Crippen LogP contribution in [0.1, 0.15) is 33.5 Å². The molecule has 0 atom stereocenters. The molecule has 0 aliphatic heterocycles. The molecule has 0 N–H and O–H groups in total. The molecule has 5 heteroatoms. The third kappa shape index (κ3) is 3.22. The maximum Gasteiger partial charge on any atom is 0.181 e. The smallest absolute Gasteiger partial charge is 0.181 e. The van der Waals surface area contributed by atoms with E-state index in [4.69, 9.17) is 16.3 Å². The second-order valence-electron chi connectivity index (χ2n) is 4.15. The fraction of sp³-hybridized carbons (Fsp3) is 0.133. The topological polar surface area (TPSA) is 56.3 Å². The minimum atomic E-state index is -0.284. The Labute approximate surface area is 121 Å². The van der Waals surface area contributed by atoms with E-state index in [9.17, 15) is 9.59 Å². The van der Waals surface area contributed by atoms with Gasteiger partial charge in [0.2, 0.25) is 0 Å². The van der Waals surface area contributed by atoms with Crippen LogP contribution in [0.5, 0.6) is 5.75 Å². The summed E-state index contributed by atoms with van der Waals surface area (Å²) in [5.74, 6) is -0.00946. The molecule has 0 fully saturated rings. The molecule has 0 bridgehead atoms. The van der Waals surface area contributed by atoms with Gasteiger partial charge >= 0.3 is 0 Å². The molecule has 2 aromatic rings. The van der Waals surface area contributed by atoms with Crippen molar-refractivity contribution in [1.82, 2.24) is 4.98 Å². The zero-order chi connectivity index (χ0) is 14.5. The highest BCUT2D eigenvalue weighted by atomic mass is 35.5. The predicted molar refractivity (Wildman–Crippen MR) is 75.4 cm³/mol. The van der Waals surface area contributed by atoms with E-state index in [1.165, 1.54) is 13.0 Å². The SMILES string of the molecule is CC(=O)c1nc(C=O)c(Cl)cc1OCc1ccccc1. The molecule has 0 saturated carbocycles. The quantitative estimate of drug-likeness (QED) is 0.626. The van der Waals surface area contributed by atoms with Crippen LogP contribution < -0.4 is 4.74 Å². The van der Waals surface area contributed by atoms with Gasteiger partial charge in [-0.3, -0.25) is 9.59 Å². The third-order valence-electron chi connectivity index (χ3n) is 2.65. The van der Waals surface area contributed by atoms with Crippen molar-refractivity contribution >= 4 is 23.7 Å². The Morgan fingerprint density at radius 1 is 1.35 bits per heavy atom. The number of hydrogen-bond acceptors (Lipinski definition) is 4. The van der Waals surface area contributed by atoms with Gasteiger partial charge in [-0.1, -0.05) is 41.9 Å². The number of Topliss-reactive ketones (excluding diaryl/α,β-unsaturated/α-hetero) is 1. The summed E-state index contributed by atoms with van der Waals surface area (Å²) in [6.07, 6.45) is 0.510. The number of pyridine rings is 1. The van der Waals surface area contributed by atoms with Gasteiger partial charge in [-0.25, -0.2) is 4.98 Å². The summed E-state index contributed by atoms with van der Waals surface area (Å²) in [6, 6.07) is 10.9. The van der Waals surface area contributed by atoms with Gasteiger partial charge in [-0.2, -0.15) is 0 Å². The first-order valence-corrected chi connectivity index (χ1v) is 6.33. The van der Waals surface area contributed by atoms with Crippen molar-refractivity contribution in [2.75, 3.05) is 0 Å². The number of halogens is 1. The van der Waals surface area contributed by atoms with Crippen LogP contribution in [0.2, 0.25) is 5.02 Å². The molecule has 1 aromatic carbocycles. The Kier molecular flexibility index (Phi) is 4.48. The largest absolute Gasteiger partial charge is 0.486 e. The number of carbonyl (C=O) groups excluding carboxylic acids is 2. The maximum atomic E-state index is 11.6. The molecule has 1 heterocycles. The minimum absolute atomic E-state index is 0.0314. The van der Waals surface area contributed by atoms with Gasteiger partial charge in [-0.15, -0.1) is 0 Å². The van der Waals surface area contributed by atoms with Gasteiger partial charge in [-0.05, 0) is 5.56 Å². The Bertz CT molecular complexity index is 641. The summed E-state index contributed by atoms with van der Waals surface area (Å²) in [6.45, 7) is 1.65. The Hall–Kier alpha value is -2.20. The van der Waals surface area contributed by atoms with Gasteiger partial charge in [0.05, 0.1) is 5.02 Å². The van der Waals surface area contributed by atoms with E-state index in [-0.39, 0.29) is 27.9 Å². The normalized spacial score (nSPS) is 10.1. The van der Waals surface area contributed by atoms with Crippen molar-refractivity contribution in [3.8, 4) is 5.75 Å². The highest BCUT2D eigenvalue weighted by Gasteiger charge is 2.15. The molecule has 0 radical (unpaired) electrons. The molecule has 0 amide bonds. The van der Waals surface area contributed by atoms with Crippen LogP contribution in [0, 0.1) is 0 Å². The van der Waals surface area contributed by atoms with Gasteiger partial charge < -0.3 is 4.74 Å². The van der Waals surface area contributed by atoms with Crippen LogP contribution in [-0.2, 0) is 6.61 Å². The number of benzene rings is 1. The number of ether oxygens (including phenoxy) is 1. The Morgan fingerprint density at radius 3 is 2.65 bits per heavy atom. The van der Waals surface area contributed by atoms with Gasteiger partial charge in [0, 0.05) is 13.0 Å². The monoisotopic (exact) mass is 289 g/mol. The van der Waals surface area contributed by atoms with Crippen LogP contribution in [0.15, 0.2) is 36.4 Å². The maximum absolute atomic E-state index is 11.6. The summed E-state index contributed by atoms with van der Waals surface area (Å²) < 4.78 is 5.58. The van der Waals surface area contributed by atoms with Crippen molar-refractivity contribution in [2.24, 2.45) is 0 Å².